The normalized spacial score (nSPS) is 17.1. The van der Waals surface area contributed by atoms with Crippen LogP contribution in [0.1, 0.15) is 0 Å². The van der Waals surface area contributed by atoms with E-state index in [4.69, 9.17) is 23.2 Å². The van der Waals surface area contributed by atoms with Crippen molar-refractivity contribution in [3.63, 3.8) is 0 Å². The molecule has 7 heteroatoms. The van der Waals surface area contributed by atoms with Gasteiger partial charge in [-0.25, -0.2) is 4.39 Å². The Bertz CT molecular complexity index is 117. The summed E-state index contributed by atoms with van der Waals surface area (Å²) in [5.74, 6) is 0. The quantitative estimate of drug-likeness (QED) is 0.643. The van der Waals surface area contributed by atoms with Gasteiger partial charge >= 0.3 is 5.38 Å². The van der Waals surface area contributed by atoms with Gasteiger partial charge in [0.05, 0.1) is 0 Å². The lowest BCUT2D eigenvalue weighted by molar-refractivity contribution is 0.0598. The van der Waals surface area contributed by atoms with Gasteiger partial charge in [0.1, 0.15) is 0 Å². The number of hydrogen-bond acceptors (Lipinski definition) is 0. The predicted molar refractivity (Wildman–Crippen MR) is 36.0 cm³/mol. The molecule has 0 aromatic rings. The van der Waals surface area contributed by atoms with Crippen molar-refractivity contribution < 1.29 is 13.2 Å². The van der Waals surface area contributed by atoms with Crippen LogP contribution in [0.3, 0.4) is 0 Å². The van der Waals surface area contributed by atoms with Crippen LogP contribution >= 0.6 is 46.4 Å². The van der Waals surface area contributed by atoms with Crippen molar-refractivity contribution in [2.75, 3.05) is 0 Å². The summed E-state index contributed by atoms with van der Waals surface area (Å²) < 4.78 is 32.7. The number of rotatable bonds is 2. The van der Waals surface area contributed by atoms with E-state index in [1.165, 1.54) is 0 Å². The highest BCUT2D eigenvalue weighted by atomic mass is 35.5. The Morgan fingerprint density at radius 1 is 1.10 bits per heavy atom. The summed E-state index contributed by atoms with van der Waals surface area (Å²) >= 11 is 18.3. The van der Waals surface area contributed by atoms with E-state index in [0.717, 1.165) is 0 Å². The molecular formula is C3HCl4F3. The van der Waals surface area contributed by atoms with E-state index >= 15 is 0 Å². The molecule has 62 valence electrons. The van der Waals surface area contributed by atoms with Gasteiger partial charge in [0.25, 0.3) is 0 Å². The predicted octanol–water partition coefficient (Wildman–Crippen LogP) is 3.53. The highest BCUT2D eigenvalue weighted by Gasteiger charge is 2.56. The van der Waals surface area contributed by atoms with Crippen molar-refractivity contribution in [1.82, 2.24) is 0 Å². The monoisotopic (exact) mass is 234 g/mol. The van der Waals surface area contributed by atoms with Gasteiger partial charge in [-0.15, -0.1) is 0 Å². The third-order valence-electron chi connectivity index (χ3n) is 0.652. The van der Waals surface area contributed by atoms with Crippen LogP contribution in [0.25, 0.3) is 0 Å². The lowest BCUT2D eigenvalue weighted by atomic mass is 10.4. The van der Waals surface area contributed by atoms with Gasteiger partial charge in [-0.05, 0) is 11.6 Å². The highest BCUT2D eigenvalue weighted by Crippen LogP contribution is 2.46. The number of alkyl halides is 7. The van der Waals surface area contributed by atoms with Crippen LogP contribution in [0.15, 0.2) is 0 Å². The number of hydrogen-bond donors (Lipinski definition) is 0. The first-order valence-corrected chi connectivity index (χ1v) is 3.49. The molecule has 0 bridgehead atoms. The fourth-order valence-electron chi connectivity index (χ4n) is 0.124. The van der Waals surface area contributed by atoms with Gasteiger partial charge in [-0.1, -0.05) is 34.8 Å². The summed E-state index contributed by atoms with van der Waals surface area (Å²) in [5, 5.41) is -4.09. The van der Waals surface area contributed by atoms with Gasteiger partial charge in [0, 0.05) is 0 Å². The van der Waals surface area contributed by atoms with E-state index in [2.05, 4.69) is 23.2 Å². The topological polar surface area (TPSA) is 0 Å². The Balaban J connectivity index is 4.40. The summed E-state index contributed by atoms with van der Waals surface area (Å²) in [4.78, 5) is 0. The van der Waals surface area contributed by atoms with Crippen molar-refractivity contribution in [3.8, 4) is 0 Å². The lowest BCUT2D eigenvalue weighted by Gasteiger charge is -2.23. The number of halogens is 7. The first kappa shape index (κ1) is 11.0. The van der Waals surface area contributed by atoms with Gasteiger partial charge in [0.2, 0.25) is 9.96 Å². The minimum Gasteiger partial charge on any atom is -0.226 e. The van der Waals surface area contributed by atoms with Gasteiger partial charge in [0.15, 0.2) is 0 Å². The second-order valence-corrected chi connectivity index (χ2v) is 3.67. The maximum absolute atomic E-state index is 11.9. The molecule has 0 amide bonds. The SMILES string of the molecule is FC(Cl)C(Cl)(Cl)C(F)(F)Cl. The van der Waals surface area contributed by atoms with Crippen LogP contribution in [0.2, 0.25) is 0 Å². The van der Waals surface area contributed by atoms with Crippen molar-refractivity contribution >= 4 is 46.4 Å². The van der Waals surface area contributed by atoms with Gasteiger partial charge in [-0.3, -0.25) is 0 Å². The fourth-order valence-corrected chi connectivity index (χ4v) is 0.412. The average Bonchev–Trinajstić information content (AvgIpc) is 1.62. The molecule has 1 unspecified atom stereocenters. The minimum absolute atomic E-state index is 2.62. The lowest BCUT2D eigenvalue weighted by Crippen LogP contribution is -2.39. The molecule has 0 N–H and O–H groups in total. The molecule has 1 atom stereocenters. The molecule has 0 saturated heterocycles. The Hall–Kier alpha value is 0.950. The van der Waals surface area contributed by atoms with Crippen LogP contribution in [0.5, 0.6) is 0 Å². The molecule has 0 aromatic heterocycles. The van der Waals surface area contributed by atoms with E-state index in [9.17, 15) is 13.2 Å². The van der Waals surface area contributed by atoms with E-state index in [-0.39, 0.29) is 0 Å². The smallest absolute Gasteiger partial charge is 0.226 e. The Kier molecular flexibility index (Phi) is 3.43. The Labute approximate surface area is 75.2 Å². The molecule has 0 fully saturated rings. The molecule has 0 aliphatic heterocycles. The molecule has 0 aliphatic carbocycles. The summed E-state index contributed by atoms with van der Waals surface area (Å²) in [6.45, 7) is 0. The molecule has 0 rings (SSSR count). The van der Waals surface area contributed by atoms with E-state index in [0.29, 0.717) is 0 Å². The third-order valence-corrected chi connectivity index (χ3v) is 2.55. The largest absolute Gasteiger partial charge is 0.358 e. The van der Waals surface area contributed by atoms with Crippen LogP contribution in [0.4, 0.5) is 13.2 Å². The molecular weight excluding hydrogens is 235 g/mol. The van der Waals surface area contributed by atoms with Crippen LogP contribution in [-0.4, -0.2) is 15.3 Å². The van der Waals surface area contributed by atoms with E-state index in [1.807, 2.05) is 0 Å². The molecule has 0 radical (unpaired) electrons. The minimum atomic E-state index is -4.09. The average molecular weight is 236 g/mol. The molecule has 0 heterocycles. The maximum atomic E-state index is 11.9. The van der Waals surface area contributed by atoms with Crippen molar-refractivity contribution in [2.45, 2.75) is 15.3 Å². The maximum Gasteiger partial charge on any atom is 0.358 e. The molecule has 0 nitrogen and oxygen atoms in total. The summed E-state index contributed by atoms with van der Waals surface area (Å²) in [7, 11) is 0. The van der Waals surface area contributed by atoms with Crippen LogP contribution in [-0.2, 0) is 0 Å². The van der Waals surface area contributed by atoms with Gasteiger partial charge < -0.3 is 0 Å². The first-order valence-electron chi connectivity index (χ1n) is 1.92. The molecule has 10 heavy (non-hydrogen) atoms. The Morgan fingerprint density at radius 3 is 1.40 bits per heavy atom. The molecule has 0 aromatic carbocycles. The van der Waals surface area contributed by atoms with Gasteiger partial charge in [-0.2, -0.15) is 8.78 Å². The highest BCUT2D eigenvalue weighted by molar-refractivity contribution is 6.55. The van der Waals surface area contributed by atoms with Crippen LogP contribution in [0, 0.1) is 0 Å². The third kappa shape index (κ3) is 2.22. The van der Waals surface area contributed by atoms with Crippen molar-refractivity contribution in [3.05, 3.63) is 0 Å². The summed E-state index contributed by atoms with van der Waals surface area (Å²) in [6.07, 6.45) is 0. The summed E-state index contributed by atoms with van der Waals surface area (Å²) in [6, 6.07) is 0. The zero-order valence-corrected chi connectivity index (χ0v) is 7.25. The van der Waals surface area contributed by atoms with E-state index < -0.39 is 15.3 Å². The van der Waals surface area contributed by atoms with Crippen molar-refractivity contribution in [2.24, 2.45) is 0 Å². The molecule has 0 spiro atoms. The second kappa shape index (κ2) is 3.13. The summed E-state index contributed by atoms with van der Waals surface area (Å²) in [5.41, 5.74) is -2.62. The molecule has 0 aliphatic rings. The standard InChI is InChI=1S/C3HCl4F3/c4-1(8)2(5,6)3(7,9)10/h1H. The molecule has 0 saturated carbocycles. The zero-order valence-electron chi connectivity index (χ0n) is 4.22. The Morgan fingerprint density at radius 2 is 1.40 bits per heavy atom. The van der Waals surface area contributed by atoms with Crippen LogP contribution < -0.4 is 0 Å². The van der Waals surface area contributed by atoms with Crippen molar-refractivity contribution in [1.29, 1.82) is 0 Å². The fraction of sp³-hybridized carbons (Fsp3) is 1.00. The first-order chi connectivity index (χ1) is 4.19. The zero-order chi connectivity index (χ0) is 8.58. The van der Waals surface area contributed by atoms with E-state index in [1.54, 1.807) is 0 Å². The second-order valence-electron chi connectivity index (χ2n) is 1.42.